The van der Waals surface area contributed by atoms with Gasteiger partial charge in [0.25, 0.3) is 0 Å². The predicted octanol–water partition coefficient (Wildman–Crippen LogP) is 1.51. The van der Waals surface area contributed by atoms with Crippen molar-refractivity contribution in [3.63, 3.8) is 0 Å². The molecule has 1 heterocycles. The summed E-state index contributed by atoms with van der Waals surface area (Å²) in [4.78, 5) is 23.8. The fraction of sp³-hybridized carbons (Fsp3) is 0.333. The lowest BCUT2D eigenvalue weighted by atomic mass is 9.97. The summed E-state index contributed by atoms with van der Waals surface area (Å²) < 4.78 is 4.65. The van der Waals surface area contributed by atoms with Crippen LogP contribution in [0, 0.1) is 0 Å². The molecular weight excluding hydrogens is 222 g/mol. The van der Waals surface area contributed by atoms with Crippen LogP contribution in [0.25, 0.3) is 0 Å². The predicted molar refractivity (Wildman–Crippen MR) is 59.9 cm³/mol. The van der Waals surface area contributed by atoms with E-state index in [-0.39, 0.29) is 11.7 Å². The lowest BCUT2D eigenvalue weighted by molar-refractivity contribution is 0.0696. The zero-order valence-corrected chi connectivity index (χ0v) is 9.47. The van der Waals surface area contributed by atoms with Crippen molar-refractivity contribution in [3.8, 4) is 0 Å². The van der Waals surface area contributed by atoms with Crippen LogP contribution >= 0.6 is 0 Å². The third-order valence-electron chi connectivity index (χ3n) is 2.90. The van der Waals surface area contributed by atoms with E-state index in [1.807, 2.05) is 6.07 Å². The molecular formula is C12H13NO4. The number of amides is 1. The first-order valence-corrected chi connectivity index (χ1v) is 5.30. The molecule has 1 N–H and O–H groups in total. The molecule has 1 amide bonds. The van der Waals surface area contributed by atoms with Crippen LogP contribution in [0.5, 0.6) is 0 Å². The molecule has 2 rings (SSSR count). The Morgan fingerprint density at radius 3 is 2.76 bits per heavy atom. The number of rotatable bonds is 1. The van der Waals surface area contributed by atoms with Crippen LogP contribution in [0.1, 0.15) is 21.5 Å². The van der Waals surface area contributed by atoms with Gasteiger partial charge in [-0.1, -0.05) is 6.07 Å². The standard InChI is InChI=1S/C12H13NO4/c1-17-12(16)13-5-4-8-2-3-9(11(14)15)6-10(8)7-13/h2-3,6H,4-5,7H2,1H3,(H,14,15). The van der Waals surface area contributed by atoms with Crippen LogP contribution in [-0.4, -0.2) is 35.7 Å². The second-order valence-electron chi connectivity index (χ2n) is 3.93. The number of carbonyl (C=O) groups is 2. The third kappa shape index (κ3) is 2.22. The zero-order chi connectivity index (χ0) is 12.4. The summed E-state index contributed by atoms with van der Waals surface area (Å²) in [7, 11) is 1.34. The molecule has 1 aliphatic heterocycles. The van der Waals surface area contributed by atoms with Crippen LogP contribution in [0.15, 0.2) is 18.2 Å². The summed E-state index contributed by atoms with van der Waals surface area (Å²) in [5.74, 6) is -0.956. The number of fused-ring (bicyclic) bond motifs is 1. The van der Waals surface area contributed by atoms with Gasteiger partial charge in [0.2, 0.25) is 0 Å². The summed E-state index contributed by atoms with van der Waals surface area (Å²) >= 11 is 0. The molecule has 90 valence electrons. The van der Waals surface area contributed by atoms with Gasteiger partial charge < -0.3 is 14.7 Å². The van der Waals surface area contributed by atoms with E-state index in [9.17, 15) is 9.59 Å². The molecule has 0 aliphatic carbocycles. The number of carbonyl (C=O) groups excluding carboxylic acids is 1. The second-order valence-corrected chi connectivity index (χ2v) is 3.93. The first-order chi connectivity index (χ1) is 8.11. The maximum atomic E-state index is 11.4. The minimum absolute atomic E-state index is 0.246. The van der Waals surface area contributed by atoms with Crippen molar-refractivity contribution in [2.24, 2.45) is 0 Å². The largest absolute Gasteiger partial charge is 0.478 e. The van der Waals surface area contributed by atoms with Crippen LogP contribution in [0.4, 0.5) is 4.79 Å². The van der Waals surface area contributed by atoms with E-state index in [4.69, 9.17) is 5.11 Å². The van der Waals surface area contributed by atoms with Crippen molar-refractivity contribution in [2.75, 3.05) is 13.7 Å². The van der Waals surface area contributed by atoms with E-state index in [2.05, 4.69) is 4.74 Å². The van der Waals surface area contributed by atoms with Crippen LogP contribution in [0.3, 0.4) is 0 Å². The molecule has 0 aromatic heterocycles. The fourth-order valence-electron chi connectivity index (χ4n) is 1.98. The summed E-state index contributed by atoms with van der Waals surface area (Å²) in [5.41, 5.74) is 2.21. The molecule has 0 atom stereocenters. The number of benzene rings is 1. The Kier molecular flexibility index (Phi) is 2.99. The minimum Gasteiger partial charge on any atom is -0.478 e. The van der Waals surface area contributed by atoms with E-state index in [0.717, 1.165) is 17.5 Å². The first-order valence-electron chi connectivity index (χ1n) is 5.30. The quantitative estimate of drug-likeness (QED) is 0.801. The van der Waals surface area contributed by atoms with Gasteiger partial charge >= 0.3 is 12.1 Å². The molecule has 0 unspecified atom stereocenters. The van der Waals surface area contributed by atoms with E-state index in [1.54, 1.807) is 17.0 Å². The Morgan fingerprint density at radius 1 is 1.35 bits per heavy atom. The molecule has 5 nitrogen and oxygen atoms in total. The van der Waals surface area contributed by atoms with Crippen molar-refractivity contribution in [1.82, 2.24) is 4.90 Å². The molecule has 5 heteroatoms. The number of nitrogens with zero attached hydrogens (tertiary/aromatic N) is 1. The van der Waals surface area contributed by atoms with Gasteiger partial charge in [0, 0.05) is 13.1 Å². The van der Waals surface area contributed by atoms with Crippen molar-refractivity contribution in [2.45, 2.75) is 13.0 Å². The number of aromatic carboxylic acids is 1. The van der Waals surface area contributed by atoms with Gasteiger partial charge in [-0.05, 0) is 29.7 Å². The fourth-order valence-corrected chi connectivity index (χ4v) is 1.98. The van der Waals surface area contributed by atoms with Crippen molar-refractivity contribution >= 4 is 12.1 Å². The molecule has 1 aromatic carbocycles. The lowest BCUT2D eigenvalue weighted by Crippen LogP contribution is -2.35. The van der Waals surface area contributed by atoms with Gasteiger partial charge in [0.1, 0.15) is 0 Å². The maximum absolute atomic E-state index is 11.4. The third-order valence-corrected chi connectivity index (χ3v) is 2.90. The molecule has 0 radical (unpaired) electrons. The number of hydrogen-bond donors (Lipinski definition) is 1. The topological polar surface area (TPSA) is 66.8 Å². The highest BCUT2D eigenvalue weighted by molar-refractivity contribution is 5.88. The van der Waals surface area contributed by atoms with E-state index < -0.39 is 5.97 Å². The normalized spacial score (nSPS) is 14.1. The Balaban J connectivity index is 2.26. The Labute approximate surface area is 98.6 Å². The number of carboxylic acids is 1. The maximum Gasteiger partial charge on any atom is 0.409 e. The van der Waals surface area contributed by atoms with Crippen molar-refractivity contribution < 1.29 is 19.4 Å². The first kappa shape index (κ1) is 11.4. The summed E-state index contributed by atoms with van der Waals surface area (Å²) in [6.07, 6.45) is 0.348. The SMILES string of the molecule is COC(=O)N1CCc2ccc(C(=O)O)cc2C1. The molecule has 1 aromatic rings. The monoisotopic (exact) mass is 235 g/mol. The van der Waals surface area contributed by atoms with Gasteiger partial charge in [-0.2, -0.15) is 0 Å². The van der Waals surface area contributed by atoms with Crippen molar-refractivity contribution in [1.29, 1.82) is 0 Å². The summed E-state index contributed by atoms with van der Waals surface area (Å²) in [6, 6.07) is 5.02. The van der Waals surface area contributed by atoms with Crippen LogP contribution in [-0.2, 0) is 17.7 Å². The van der Waals surface area contributed by atoms with Gasteiger partial charge in [0.15, 0.2) is 0 Å². The molecule has 1 aliphatic rings. The minimum atomic E-state index is -0.956. The van der Waals surface area contributed by atoms with E-state index >= 15 is 0 Å². The lowest BCUT2D eigenvalue weighted by Gasteiger charge is -2.27. The van der Waals surface area contributed by atoms with E-state index in [1.165, 1.54) is 7.11 Å². The average molecular weight is 235 g/mol. The van der Waals surface area contributed by atoms with Gasteiger partial charge in [-0.15, -0.1) is 0 Å². The zero-order valence-electron chi connectivity index (χ0n) is 9.47. The van der Waals surface area contributed by atoms with Gasteiger partial charge in [-0.25, -0.2) is 9.59 Å². The highest BCUT2D eigenvalue weighted by Gasteiger charge is 2.21. The van der Waals surface area contributed by atoms with Crippen LogP contribution in [0.2, 0.25) is 0 Å². The second kappa shape index (κ2) is 4.45. The van der Waals surface area contributed by atoms with Gasteiger partial charge in [0.05, 0.1) is 12.7 Å². The molecule has 0 fully saturated rings. The number of ether oxygens (including phenoxy) is 1. The molecule has 0 spiro atoms. The van der Waals surface area contributed by atoms with Crippen molar-refractivity contribution in [3.05, 3.63) is 34.9 Å². The number of hydrogen-bond acceptors (Lipinski definition) is 3. The highest BCUT2D eigenvalue weighted by atomic mass is 16.5. The summed E-state index contributed by atoms with van der Waals surface area (Å²) in [5, 5.41) is 8.90. The molecule has 0 bridgehead atoms. The van der Waals surface area contributed by atoms with Crippen LogP contribution < -0.4 is 0 Å². The van der Waals surface area contributed by atoms with E-state index in [0.29, 0.717) is 13.1 Å². The Hall–Kier alpha value is -2.04. The highest BCUT2D eigenvalue weighted by Crippen LogP contribution is 2.20. The Bertz CT molecular complexity index is 470. The number of carboxylic acid groups (broad SMARTS) is 1. The average Bonchev–Trinajstić information content (AvgIpc) is 2.36. The molecule has 0 saturated heterocycles. The number of methoxy groups -OCH3 is 1. The molecule has 17 heavy (non-hydrogen) atoms. The Morgan fingerprint density at radius 2 is 2.12 bits per heavy atom. The van der Waals surface area contributed by atoms with Gasteiger partial charge in [-0.3, -0.25) is 0 Å². The smallest absolute Gasteiger partial charge is 0.409 e. The summed E-state index contributed by atoms with van der Waals surface area (Å²) in [6.45, 7) is 1.01. The molecule has 0 saturated carbocycles.